The largest absolute Gasteiger partial charge is 0.489 e. The third-order valence-electron chi connectivity index (χ3n) is 11.3. The van der Waals surface area contributed by atoms with Crippen LogP contribution in [0.1, 0.15) is 102 Å². The highest BCUT2D eigenvalue weighted by atomic mass is 16.5. The highest BCUT2D eigenvalue weighted by Crippen LogP contribution is 2.34. The summed E-state index contributed by atoms with van der Waals surface area (Å²) in [6, 6.07) is 39.4. The molecule has 0 radical (unpaired) electrons. The molecule has 6 aromatic rings. The monoisotopic (exact) mass is 812 g/mol. The lowest BCUT2D eigenvalue weighted by molar-refractivity contribution is 0.0278. The number of benzene rings is 6. The van der Waals surface area contributed by atoms with E-state index < -0.39 is 11.7 Å². The van der Waals surface area contributed by atoms with E-state index in [-0.39, 0.29) is 26.4 Å². The van der Waals surface area contributed by atoms with Gasteiger partial charge in [-0.25, -0.2) is 0 Å². The zero-order valence-electron chi connectivity index (χ0n) is 35.5. The molecule has 316 valence electrons. The van der Waals surface area contributed by atoms with E-state index in [2.05, 4.69) is 37.3 Å². The molecule has 0 spiro atoms. The van der Waals surface area contributed by atoms with Gasteiger partial charge in [0.2, 0.25) is 0 Å². The normalized spacial score (nSPS) is 11.8. The molecule has 0 heterocycles. The van der Waals surface area contributed by atoms with Gasteiger partial charge in [-0.15, -0.1) is 0 Å². The van der Waals surface area contributed by atoms with Crippen LogP contribution in [0.15, 0.2) is 121 Å². The Morgan fingerprint density at radius 1 is 0.517 bits per heavy atom. The van der Waals surface area contributed by atoms with Gasteiger partial charge in [-0.05, 0) is 147 Å². The van der Waals surface area contributed by atoms with Crippen molar-refractivity contribution in [3.05, 3.63) is 177 Å². The van der Waals surface area contributed by atoms with Crippen LogP contribution in [0.3, 0.4) is 0 Å². The van der Waals surface area contributed by atoms with Crippen LogP contribution < -0.4 is 9.47 Å². The fourth-order valence-corrected chi connectivity index (χ4v) is 7.44. The molecule has 6 aromatic carbocycles. The van der Waals surface area contributed by atoms with E-state index in [1.807, 2.05) is 100 Å². The van der Waals surface area contributed by atoms with Crippen molar-refractivity contribution >= 4 is 0 Å². The number of rotatable bonds is 17. The van der Waals surface area contributed by atoms with Crippen LogP contribution in [-0.2, 0) is 45.2 Å². The Labute approximate surface area is 355 Å². The molecule has 60 heavy (non-hydrogen) atoms. The minimum absolute atomic E-state index is 0.0921. The minimum atomic E-state index is -0.785. The third kappa shape index (κ3) is 11.5. The van der Waals surface area contributed by atoms with Crippen LogP contribution in [0, 0.1) is 13.8 Å². The Morgan fingerprint density at radius 3 is 1.72 bits per heavy atom. The number of aliphatic hydroxyl groups excluding tert-OH is 5. The first kappa shape index (κ1) is 45.8. The van der Waals surface area contributed by atoms with Crippen LogP contribution in [0.2, 0.25) is 0 Å². The molecule has 6 rings (SSSR count). The molecule has 8 nitrogen and oxygen atoms in total. The first-order valence-corrected chi connectivity index (χ1v) is 20.7. The van der Waals surface area contributed by atoms with E-state index in [4.69, 9.17) is 9.47 Å². The zero-order chi connectivity index (χ0) is 43.2. The molecule has 1 atom stereocenters. The molecule has 1 unspecified atom stereocenters. The Morgan fingerprint density at radius 2 is 1.10 bits per heavy atom. The second kappa shape index (κ2) is 21.8. The Balaban J connectivity index is 0.000000228. The average Bonchev–Trinajstić information content (AvgIpc) is 3.29. The van der Waals surface area contributed by atoms with E-state index in [1.165, 1.54) is 0 Å². The predicted molar refractivity (Wildman–Crippen MR) is 238 cm³/mol. The Hall–Kier alpha value is -5.32. The molecule has 0 aromatic heterocycles. The van der Waals surface area contributed by atoms with Gasteiger partial charge < -0.3 is 40.1 Å². The summed E-state index contributed by atoms with van der Waals surface area (Å²) in [5.41, 5.74) is 12.5. The van der Waals surface area contributed by atoms with Crippen LogP contribution >= 0.6 is 0 Å². The van der Waals surface area contributed by atoms with Crippen molar-refractivity contribution in [2.24, 2.45) is 0 Å². The number of aliphatic hydroxyl groups is 6. The second-order valence-electron chi connectivity index (χ2n) is 15.2. The molecule has 0 amide bonds. The van der Waals surface area contributed by atoms with Crippen molar-refractivity contribution < 1.29 is 40.1 Å². The van der Waals surface area contributed by atoms with Gasteiger partial charge >= 0.3 is 0 Å². The molecule has 0 aliphatic rings. The van der Waals surface area contributed by atoms with Crippen LogP contribution in [0.4, 0.5) is 0 Å². The standard InChI is InChI=1S/C27H32O4.C25H28O4/c1-4-27(30,5-2)26-12-11-22(13-19(26)3)21-7-6-8-25(15-21)31-18-20-9-10-23(16-28)24(14-20)17-29;1-3-25(28)20-8-10-24(17(2)11-20)19-6-4-5-18(12-19)16-29-23-9-7-21(14-26)22(13-23)15-27/h6-15,28-30H,4-5,16-18H2,1-3H3;4-13,25-28H,3,14-16H2,1-2H3. The zero-order valence-corrected chi connectivity index (χ0v) is 35.5. The van der Waals surface area contributed by atoms with E-state index >= 15 is 0 Å². The summed E-state index contributed by atoms with van der Waals surface area (Å²) in [4.78, 5) is 0. The quantitative estimate of drug-likeness (QED) is 0.0535. The summed E-state index contributed by atoms with van der Waals surface area (Å²) in [5, 5.41) is 58.5. The molecule has 0 saturated carbocycles. The summed E-state index contributed by atoms with van der Waals surface area (Å²) >= 11 is 0. The first-order valence-electron chi connectivity index (χ1n) is 20.7. The number of aryl methyl sites for hydroxylation is 2. The smallest absolute Gasteiger partial charge is 0.120 e. The maximum Gasteiger partial charge on any atom is 0.120 e. The van der Waals surface area contributed by atoms with Gasteiger partial charge in [-0.2, -0.15) is 0 Å². The fraction of sp³-hybridized carbons (Fsp3) is 0.308. The van der Waals surface area contributed by atoms with Gasteiger partial charge in [-0.3, -0.25) is 0 Å². The molecular weight excluding hydrogens is 753 g/mol. The van der Waals surface area contributed by atoms with Crippen molar-refractivity contribution in [2.75, 3.05) is 0 Å². The van der Waals surface area contributed by atoms with Gasteiger partial charge in [0.25, 0.3) is 0 Å². The summed E-state index contributed by atoms with van der Waals surface area (Å²) in [5.74, 6) is 1.42. The van der Waals surface area contributed by atoms with Gasteiger partial charge in [0.15, 0.2) is 0 Å². The third-order valence-corrected chi connectivity index (χ3v) is 11.3. The molecule has 0 bridgehead atoms. The summed E-state index contributed by atoms with van der Waals surface area (Å²) in [7, 11) is 0. The van der Waals surface area contributed by atoms with Crippen molar-refractivity contribution in [3.63, 3.8) is 0 Å². The Bertz CT molecular complexity index is 2310. The van der Waals surface area contributed by atoms with Gasteiger partial charge in [0.1, 0.15) is 24.7 Å². The topological polar surface area (TPSA) is 140 Å². The van der Waals surface area contributed by atoms with Crippen LogP contribution in [0.25, 0.3) is 22.3 Å². The van der Waals surface area contributed by atoms with E-state index in [9.17, 15) is 30.6 Å². The predicted octanol–water partition coefficient (Wildman–Crippen LogP) is 9.90. The van der Waals surface area contributed by atoms with Crippen molar-refractivity contribution in [1.29, 1.82) is 0 Å². The fourth-order valence-electron chi connectivity index (χ4n) is 7.44. The molecule has 8 heteroatoms. The second-order valence-corrected chi connectivity index (χ2v) is 15.2. The van der Waals surface area contributed by atoms with Crippen molar-refractivity contribution in [2.45, 2.75) is 105 Å². The summed E-state index contributed by atoms with van der Waals surface area (Å²) in [6.07, 6.45) is 1.64. The Kier molecular flexibility index (Phi) is 16.6. The maximum atomic E-state index is 10.9. The highest BCUT2D eigenvalue weighted by molar-refractivity contribution is 5.69. The lowest BCUT2D eigenvalue weighted by Gasteiger charge is -2.28. The molecule has 0 saturated heterocycles. The van der Waals surface area contributed by atoms with Crippen LogP contribution in [-0.4, -0.2) is 30.6 Å². The van der Waals surface area contributed by atoms with E-state index in [0.29, 0.717) is 54.9 Å². The SMILES string of the molecule is CCC(O)(CC)c1ccc(-c2cccc(OCc3ccc(CO)c(CO)c3)c2)cc1C.CCC(O)c1ccc(-c2cccc(COc3ccc(CO)c(CO)c3)c2)c(C)c1. The summed E-state index contributed by atoms with van der Waals surface area (Å²) < 4.78 is 11.9. The average molecular weight is 813 g/mol. The van der Waals surface area contributed by atoms with E-state index in [0.717, 1.165) is 66.9 Å². The van der Waals surface area contributed by atoms with E-state index in [1.54, 1.807) is 18.2 Å². The summed E-state index contributed by atoms with van der Waals surface area (Å²) in [6.45, 7) is 10.4. The number of hydrogen-bond acceptors (Lipinski definition) is 8. The van der Waals surface area contributed by atoms with Crippen LogP contribution in [0.5, 0.6) is 11.5 Å². The van der Waals surface area contributed by atoms with Gasteiger partial charge in [-0.1, -0.05) is 106 Å². The number of hydrogen-bond donors (Lipinski definition) is 6. The van der Waals surface area contributed by atoms with Crippen molar-refractivity contribution in [1.82, 2.24) is 0 Å². The number of ether oxygens (including phenoxy) is 2. The maximum absolute atomic E-state index is 10.9. The first-order chi connectivity index (χ1) is 29.0. The van der Waals surface area contributed by atoms with Gasteiger partial charge in [0, 0.05) is 0 Å². The molecule has 6 N–H and O–H groups in total. The van der Waals surface area contributed by atoms with Crippen molar-refractivity contribution in [3.8, 4) is 33.8 Å². The molecular formula is C52H60O8. The van der Waals surface area contributed by atoms with Gasteiger partial charge in [0.05, 0.1) is 38.1 Å². The molecule has 0 fully saturated rings. The lowest BCUT2D eigenvalue weighted by Crippen LogP contribution is -2.24. The minimum Gasteiger partial charge on any atom is -0.489 e. The molecule has 0 aliphatic carbocycles. The lowest BCUT2D eigenvalue weighted by atomic mass is 9.84. The highest BCUT2D eigenvalue weighted by Gasteiger charge is 2.26. The molecule has 0 aliphatic heterocycles.